The van der Waals surface area contributed by atoms with Crippen LogP contribution in [0.5, 0.6) is 17.2 Å². The lowest BCUT2D eigenvalue weighted by atomic mass is 9.95. The van der Waals surface area contributed by atoms with E-state index >= 15 is 0 Å². The van der Waals surface area contributed by atoms with E-state index in [0.29, 0.717) is 27.7 Å². The number of carbonyl (C=O) groups excluding carboxylic acids is 1. The minimum Gasteiger partial charge on any atom is -0.595 e. The van der Waals surface area contributed by atoms with E-state index in [4.69, 9.17) is 14.2 Å². The van der Waals surface area contributed by atoms with Crippen LogP contribution >= 0.6 is 0 Å². The normalized spacial score (nSPS) is 14.0. The first-order valence-corrected chi connectivity index (χ1v) is 7.35. The number of fused-ring (bicyclic) bond motifs is 5. The van der Waals surface area contributed by atoms with Crippen molar-refractivity contribution in [1.82, 2.24) is 0 Å². The number of aromatic hydroxyl groups is 1. The van der Waals surface area contributed by atoms with E-state index in [9.17, 15) is 20.3 Å². The van der Waals surface area contributed by atoms with Gasteiger partial charge in [0.2, 0.25) is 6.79 Å². The lowest BCUT2D eigenvalue weighted by Gasteiger charge is -2.18. The molecular formula is C17H13NO7. The predicted molar refractivity (Wildman–Crippen MR) is 86.4 cm³/mol. The maximum absolute atomic E-state index is 12.2. The van der Waals surface area contributed by atoms with Crippen LogP contribution in [0.3, 0.4) is 0 Å². The number of ether oxygens (including phenoxy) is 3. The molecule has 0 spiro atoms. The summed E-state index contributed by atoms with van der Waals surface area (Å²) in [6, 6.07) is 7.56. The minimum absolute atomic E-state index is 0.0489. The zero-order chi connectivity index (χ0) is 17.7. The number of methoxy groups -OCH3 is 1. The van der Waals surface area contributed by atoms with Gasteiger partial charge in [-0.05, 0) is 17.5 Å². The Balaban J connectivity index is 2.30. The summed E-state index contributed by atoms with van der Waals surface area (Å²) in [7, 11) is 1.21. The third-order valence-corrected chi connectivity index (χ3v) is 4.21. The molecule has 1 aliphatic rings. The molecule has 0 saturated carbocycles. The zero-order valence-electron chi connectivity index (χ0n) is 13.0. The fourth-order valence-electron chi connectivity index (χ4n) is 3.16. The first kappa shape index (κ1) is 15.5. The first-order chi connectivity index (χ1) is 12.0. The Morgan fingerprint density at radius 2 is 2.04 bits per heavy atom. The van der Waals surface area contributed by atoms with Crippen LogP contribution in [0.15, 0.2) is 30.3 Å². The van der Waals surface area contributed by atoms with Crippen LogP contribution in [0.1, 0.15) is 10.4 Å². The Labute approximate surface area is 140 Å². The third kappa shape index (κ3) is 2.16. The Morgan fingerprint density at radius 1 is 1.24 bits per heavy atom. The van der Waals surface area contributed by atoms with E-state index in [1.54, 1.807) is 12.1 Å². The molecule has 0 radical (unpaired) electrons. The molecule has 1 aliphatic heterocycles. The quantitative estimate of drug-likeness (QED) is 0.368. The molecule has 0 fully saturated rings. The van der Waals surface area contributed by atoms with Crippen molar-refractivity contribution in [3.63, 3.8) is 0 Å². The van der Waals surface area contributed by atoms with E-state index < -0.39 is 11.2 Å². The maximum Gasteiger partial charge on any atom is 0.338 e. The SMILES string of the molecule is COC(=O)c1cc2c(c3c1c([NH+]([O-])O)cc1c(O)cccc13)OCO2. The van der Waals surface area contributed by atoms with Gasteiger partial charge in [0, 0.05) is 16.8 Å². The molecule has 1 atom stereocenters. The fraction of sp³-hybridized carbons (Fsp3) is 0.118. The highest BCUT2D eigenvalue weighted by atomic mass is 16.8. The van der Waals surface area contributed by atoms with Crippen molar-refractivity contribution in [3.8, 4) is 17.2 Å². The van der Waals surface area contributed by atoms with Gasteiger partial charge in [0.15, 0.2) is 17.2 Å². The molecule has 0 amide bonds. The summed E-state index contributed by atoms with van der Waals surface area (Å²) in [5.74, 6) is -0.107. The van der Waals surface area contributed by atoms with Crippen molar-refractivity contribution in [2.45, 2.75) is 0 Å². The number of quaternary nitrogens is 1. The molecule has 1 unspecified atom stereocenters. The molecule has 128 valence electrons. The number of phenols is 1. The zero-order valence-corrected chi connectivity index (χ0v) is 13.0. The van der Waals surface area contributed by atoms with Gasteiger partial charge in [-0.15, -0.1) is 0 Å². The molecule has 1 heterocycles. The number of nitrogens with one attached hydrogen (secondary N) is 1. The van der Waals surface area contributed by atoms with Crippen LogP contribution in [0.4, 0.5) is 5.69 Å². The highest BCUT2D eigenvalue weighted by molar-refractivity contribution is 6.22. The largest absolute Gasteiger partial charge is 0.595 e. The van der Waals surface area contributed by atoms with Crippen molar-refractivity contribution in [3.05, 3.63) is 41.1 Å². The van der Waals surface area contributed by atoms with Gasteiger partial charge in [0.1, 0.15) is 5.75 Å². The summed E-state index contributed by atoms with van der Waals surface area (Å²) >= 11 is 0. The molecule has 0 aliphatic carbocycles. The van der Waals surface area contributed by atoms with Crippen LogP contribution in [0, 0.1) is 5.21 Å². The number of phenolic OH excluding ortho intramolecular Hbond substituents is 1. The summed E-state index contributed by atoms with van der Waals surface area (Å²) in [5, 5.41) is 31.9. The van der Waals surface area contributed by atoms with Gasteiger partial charge in [-0.2, -0.15) is 5.23 Å². The van der Waals surface area contributed by atoms with Crippen LogP contribution in [0.25, 0.3) is 21.5 Å². The number of esters is 1. The molecule has 25 heavy (non-hydrogen) atoms. The lowest BCUT2D eigenvalue weighted by Crippen LogP contribution is -2.99. The lowest BCUT2D eigenvalue weighted by molar-refractivity contribution is -0.990. The summed E-state index contributed by atoms with van der Waals surface area (Å²) in [6.45, 7) is -0.0489. The van der Waals surface area contributed by atoms with Crippen LogP contribution in [-0.2, 0) is 4.74 Å². The highest BCUT2D eigenvalue weighted by Crippen LogP contribution is 2.47. The van der Waals surface area contributed by atoms with E-state index in [1.807, 2.05) is 0 Å². The van der Waals surface area contributed by atoms with Crippen molar-refractivity contribution in [2.75, 3.05) is 13.9 Å². The van der Waals surface area contributed by atoms with Crippen molar-refractivity contribution in [2.24, 2.45) is 0 Å². The smallest absolute Gasteiger partial charge is 0.338 e. The molecule has 8 nitrogen and oxygen atoms in total. The van der Waals surface area contributed by atoms with Crippen molar-refractivity contribution >= 4 is 33.2 Å². The van der Waals surface area contributed by atoms with E-state index in [2.05, 4.69) is 0 Å². The second-order valence-electron chi connectivity index (χ2n) is 5.50. The van der Waals surface area contributed by atoms with Crippen LogP contribution in [-0.4, -0.2) is 30.2 Å². The minimum atomic E-state index is -1.24. The van der Waals surface area contributed by atoms with Crippen LogP contribution in [0.2, 0.25) is 0 Å². The molecule has 0 aromatic heterocycles. The average molecular weight is 343 g/mol. The highest BCUT2D eigenvalue weighted by Gasteiger charge is 2.29. The fourth-order valence-corrected chi connectivity index (χ4v) is 3.16. The molecular weight excluding hydrogens is 330 g/mol. The summed E-state index contributed by atoms with van der Waals surface area (Å²) in [6.07, 6.45) is 0. The van der Waals surface area contributed by atoms with Crippen molar-refractivity contribution < 1.29 is 34.5 Å². The van der Waals surface area contributed by atoms with Gasteiger partial charge in [-0.1, -0.05) is 12.1 Å². The number of carbonyl (C=O) groups is 1. The molecule has 3 aromatic rings. The number of benzene rings is 3. The molecule has 0 saturated heterocycles. The van der Waals surface area contributed by atoms with Gasteiger partial charge in [-0.25, -0.2) is 10.0 Å². The Morgan fingerprint density at radius 3 is 2.76 bits per heavy atom. The van der Waals surface area contributed by atoms with Gasteiger partial charge in [0.05, 0.1) is 18.1 Å². The Kier molecular flexibility index (Phi) is 3.39. The monoisotopic (exact) mass is 343 g/mol. The average Bonchev–Trinajstić information content (AvgIpc) is 3.08. The van der Waals surface area contributed by atoms with Gasteiger partial charge >= 0.3 is 5.97 Å². The van der Waals surface area contributed by atoms with Crippen molar-refractivity contribution in [1.29, 1.82) is 0 Å². The van der Waals surface area contributed by atoms with E-state index in [1.165, 1.54) is 25.3 Å². The predicted octanol–water partition coefficient (Wildman–Crippen LogP) is 1.62. The Bertz CT molecular complexity index is 1030. The Hall–Kier alpha value is -3.07. The second kappa shape index (κ2) is 5.49. The number of hydrogen-bond acceptors (Lipinski definition) is 7. The van der Waals surface area contributed by atoms with Crippen LogP contribution < -0.4 is 14.7 Å². The van der Waals surface area contributed by atoms with Gasteiger partial charge < -0.3 is 24.5 Å². The summed E-state index contributed by atoms with van der Waals surface area (Å²) in [5.41, 5.74) is -0.0768. The summed E-state index contributed by atoms with van der Waals surface area (Å²) in [4.78, 5) is 12.2. The standard InChI is InChI=1S/C17H13NO7/c1-23-17(20)10-6-13-16(25-7-24-13)15-8-3-2-4-12(19)9(8)5-11(14(10)15)18(21)22/h2-6,18-19,21H,7H2,1H3. The maximum atomic E-state index is 12.2. The molecule has 8 heteroatoms. The molecule has 3 aromatic carbocycles. The molecule has 0 bridgehead atoms. The summed E-state index contributed by atoms with van der Waals surface area (Å²) < 4.78 is 15.7. The molecule has 3 N–H and O–H groups in total. The number of hydrogen-bond donors (Lipinski definition) is 3. The van der Waals surface area contributed by atoms with Gasteiger partial charge in [0.25, 0.3) is 0 Å². The third-order valence-electron chi connectivity index (χ3n) is 4.21. The van der Waals surface area contributed by atoms with Gasteiger partial charge in [-0.3, -0.25) is 0 Å². The number of rotatable bonds is 2. The van der Waals surface area contributed by atoms with E-state index in [-0.39, 0.29) is 29.2 Å². The second-order valence-corrected chi connectivity index (χ2v) is 5.50. The molecule has 4 rings (SSSR count). The van der Waals surface area contributed by atoms with E-state index in [0.717, 1.165) is 0 Å². The topological polar surface area (TPSA) is 113 Å². The first-order valence-electron chi connectivity index (χ1n) is 7.35.